The van der Waals surface area contributed by atoms with E-state index in [0.717, 1.165) is 25.8 Å². The van der Waals surface area contributed by atoms with Crippen LogP contribution in [0.4, 0.5) is 0 Å². The summed E-state index contributed by atoms with van der Waals surface area (Å²) in [6.07, 6.45) is 2.46. The van der Waals surface area contributed by atoms with E-state index in [2.05, 4.69) is 15.9 Å². The van der Waals surface area contributed by atoms with Crippen molar-refractivity contribution in [3.8, 4) is 0 Å². The minimum atomic E-state index is -0.173. The summed E-state index contributed by atoms with van der Waals surface area (Å²) in [6.45, 7) is 5.41. The molecule has 0 aromatic rings. The van der Waals surface area contributed by atoms with Crippen molar-refractivity contribution in [2.24, 2.45) is 5.92 Å². The van der Waals surface area contributed by atoms with E-state index in [0.29, 0.717) is 13.2 Å². The van der Waals surface area contributed by atoms with Gasteiger partial charge in [-0.3, -0.25) is 9.59 Å². The molecule has 1 amide bonds. The first-order chi connectivity index (χ1) is 8.10. The molecule has 0 aromatic heterocycles. The van der Waals surface area contributed by atoms with Gasteiger partial charge in [0.25, 0.3) is 0 Å². The fourth-order valence-corrected chi connectivity index (χ4v) is 2.29. The Bertz CT molecular complexity index is 283. The highest BCUT2D eigenvalue weighted by Gasteiger charge is 2.31. The van der Waals surface area contributed by atoms with Crippen LogP contribution in [0, 0.1) is 5.92 Å². The summed E-state index contributed by atoms with van der Waals surface area (Å²) in [4.78, 5) is 25.3. The molecule has 0 unspecified atom stereocenters. The van der Waals surface area contributed by atoms with Crippen LogP contribution in [-0.4, -0.2) is 41.3 Å². The molecular weight excluding hydrogens is 286 g/mol. The second-order valence-corrected chi connectivity index (χ2v) is 5.36. The molecule has 4 nitrogen and oxygen atoms in total. The third-order valence-corrected chi connectivity index (χ3v) is 4.02. The molecule has 0 N–H and O–H groups in total. The molecule has 1 saturated heterocycles. The lowest BCUT2D eigenvalue weighted by molar-refractivity contribution is -0.151. The van der Waals surface area contributed by atoms with Gasteiger partial charge in [-0.1, -0.05) is 22.9 Å². The molecule has 2 atom stereocenters. The number of rotatable bonds is 4. The lowest BCUT2D eigenvalue weighted by Gasteiger charge is -2.32. The number of hydrogen-bond donors (Lipinski definition) is 0. The number of nitrogens with zero attached hydrogens (tertiary/aromatic N) is 1. The highest BCUT2D eigenvalue weighted by Crippen LogP contribution is 2.20. The summed E-state index contributed by atoms with van der Waals surface area (Å²) in [5.74, 6) is -0.238. The van der Waals surface area contributed by atoms with Crippen LogP contribution < -0.4 is 0 Å². The molecule has 1 rings (SSSR count). The number of ether oxygens (including phenoxy) is 1. The normalized spacial score (nSPS) is 22.1. The Balaban J connectivity index is 2.54. The number of piperidine rings is 1. The summed E-state index contributed by atoms with van der Waals surface area (Å²) in [6, 6.07) is 0. The van der Waals surface area contributed by atoms with Gasteiger partial charge in [0.15, 0.2) is 0 Å². The third kappa shape index (κ3) is 3.98. The van der Waals surface area contributed by atoms with Gasteiger partial charge in [0.2, 0.25) is 5.91 Å². The zero-order valence-corrected chi connectivity index (χ0v) is 12.0. The summed E-state index contributed by atoms with van der Waals surface area (Å²) < 4.78 is 5.01. The van der Waals surface area contributed by atoms with E-state index in [4.69, 9.17) is 4.74 Å². The van der Waals surface area contributed by atoms with Crippen LogP contribution >= 0.6 is 15.9 Å². The van der Waals surface area contributed by atoms with Crippen molar-refractivity contribution in [3.63, 3.8) is 0 Å². The molecule has 0 radical (unpaired) electrons. The summed E-state index contributed by atoms with van der Waals surface area (Å²) in [5, 5.41) is 0. The molecule has 1 fully saturated rings. The van der Waals surface area contributed by atoms with Gasteiger partial charge in [0, 0.05) is 13.1 Å². The molecule has 17 heavy (non-hydrogen) atoms. The zero-order chi connectivity index (χ0) is 12.8. The molecule has 0 aromatic carbocycles. The molecule has 0 spiro atoms. The van der Waals surface area contributed by atoms with E-state index in [1.165, 1.54) is 0 Å². The SMILES string of the molecule is CCOC(=O)[C@H]1CCCN(C(=O)[C@@H](Br)CC)C1. The Labute approximate surface area is 111 Å². The van der Waals surface area contributed by atoms with Crippen molar-refractivity contribution < 1.29 is 14.3 Å². The maximum Gasteiger partial charge on any atom is 0.310 e. The van der Waals surface area contributed by atoms with Crippen LogP contribution in [0.25, 0.3) is 0 Å². The molecule has 0 aliphatic carbocycles. The monoisotopic (exact) mass is 305 g/mol. The Morgan fingerprint density at radius 2 is 2.18 bits per heavy atom. The quantitative estimate of drug-likeness (QED) is 0.589. The Morgan fingerprint density at radius 3 is 2.76 bits per heavy atom. The minimum Gasteiger partial charge on any atom is -0.466 e. The number of halogens is 1. The van der Waals surface area contributed by atoms with Gasteiger partial charge in [-0.25, -0.2) is 0 Å². The highest BCUT2D eigenvalue weighted by atomic mass is 79.9. The average Bonchev–Trinajstić information content (AvgIpc) is 2.37. The smallest absolute Gasteiger partial charge is 0.310 e. The Morgan fingerprint density at radius 1 is 1.47 bits per heavy atom. The van der Waals surface area contributed by atoms with Gasteiger partial charge in [-0.05, 0) is 26.2 Å². The number of carbonyl (C=O) groups excluding carboxylic acids is 2. The fraction of sp³-hybridized carbons (Fsp3) is 0.833. The number of esters is 1. The van der Waals surface area contributed by atoms with E-state index in [-0.39, 0.29) is 22.6 Å². The number of amides is 1. The number of likely N-dealkylation sites (tertiary alicyclic amines) is 1. The van der Waals surface area contributed by atoms with Gasteiger partial charge in [0.05, 0.1) is 17.4 Å². The zero-order valence-electron chi connectivity index (χ0n) is 10.4. The van der Waals surface area contributed by atoms with Crippen molar-refractivity contribution in [1.29, 1.82) is 0 Å². The minimum absolute atomic E-state index is 0.0847. The number of alkyl halides is 1. The van der Waals surface area contributed by atoms with Gasteiger partial charge in [-0.15, -0.1) is 0 Å². The summed E-state index contributed by atoms with van der Waals surface area (Å²) in [5.41, 5.74) is 0. The predicted octanol–water partition coefficient (Wildman–Crippen LogP) is 1.96. The molecule has 1 aliphatic heterocycles. The van der Waals surface area contributed by atoms with Crippen molar-refractivity contribution in [3.05, 3.63) is 0 Å². The first kappa shape index (κ1) is 14.5. The highest BCUT2D eigenvalue weighted by molar-refractivity contribution is 9.10. The van der Waals surface area contributed by atoms with Crippen molar-refractivity contribution >= 4 is 27.8 Å². The molecular formula is C12H20BrNO3. The van der Waals surface area contributed by atoms with E-state index >= 15 is 0 Å². The maximum absolute atomic E-state index is 12.0. The van der Waals surface area contributed by atoms with E-state index < -0.39 is 0 Å². The van der Waals surface area contributed by atoms with Crippen molar-refractivity contribution in [2.45, 2.75) is 37.9 Å². The standard InChI is InChI=1S/C12H20BrNO3/c1-3-10(13)11(15)14-7-5-6-9(8-14)12(16)17-4-2/h9-10H,3-8H2,1-2H3/t9-,10-/m0/s1. The van der Waals surface area contributed by atoms with Gasteiger partial charge in [0.1, 0.15) is 0 Å². The van der Waals surface area contributed by atoms with Gasteiger partial charge >= 0.3 is 5.97 Å². The van der Waals surface area contributed by atoms with E-state index in [1.807, 2.05) is 6.92 Å². The summed E-state index contributed by atoms with van der Waals surface area (Å²) >= 11 is 3.36. The number of hydrogen-bond acceptors (Lipinski definition) is 3. The summed E-state index contributed by atoms with van der Waals surface area (Å²) in [7, 11) is 0. The fourth-order valence-electron chi connectivity index (χ4n) is 2.00. The van der Waals surface area contributed by atoms with Crippen molar-refractivity contribution in [2.75, 3.05) is 19.7 Å². The van der Waals surface area contributed by atoms with Crippen LogP contribution in [0.5, 0.6) is 0 Å². The van der Waals surface area contributed by atoms with Crippen LogP contribution in [0.3, 0.4) is 0 Å². The molecule has 1 heterocycles. The van der Waals surface area contributed by atoms with Crippen LogP contribution in [0.2, 0.25) is 0 Å². The molecule has 0 bridgehead atoms. The lowest BCUT2D eigenvalue weighted by Crippen LogP contribution is -2.45. The second-order valence-electron chi connectivity index (χ2n) is 4.25. The van der Waals surface area contributed by atoms with Crippen LogP contribution in [0.1, 0.15) is 33.1 Å². The number of carbonyl (C=O) groups is 2. The Hall–Kier alpha value is -0.580. The molecule has 0 saturated carbocycles. The predicted molar refractivity (Wildman–Crippen MR) is 68.9 cm³/mol. The van der Waals surface area contributed by atoms with Crippen LogP contribution in [0.15, 0.2) is 0 Å². The van der Waals surface area contributed by atoms with Gasteiger partial charge in [-0.2, -0.15) is 0 Å². The van der Waals surface area contributed by atoms with E-state index in [9.17, 15) is 9.59 Å². The van der Waals surface area contributed by atoms with Gasteiger partial charge < -0.3 is 9.64 Å². The molecule has 1 aliphatic rings. The topological polar surface area (TPSA) is 46.6 Å². The third-order valence-electron chi connectivity index (χ3n) is 2.98. The molecule has 98 valence electrons. The average molecular weight is 306 g/mol. The molecule has 5 heteroatoms. The second kappa shape index (κ2) is 6.99. The largest absolute Gasteiger partial charge is 0.466 e. The lowest BCUT2D eigenvalue weighted by atomic mass is 9.98. The maximum atomic E-state index is 12.0. The van der Waals surface area contributed by atoms with Crippen LogP contribution in [-0.2, 0) is 14.3 Å². The van der Waals surface area contributed by atoms with Crippen molar-refractivity contribution in [1.82, 2.24) is 4.90 Å². The van der Waals surface area contributed by atoms with E-state index in [1.54, 1.807) is 11.8 Å². The first-order valence-electron chi connectivity index (χ1n) is 6.19. The first-order valence-corrected chi connectivity index (χ1v) is 7.11. The Kier molecular flexibility index (Phi) is 5.95.